The van der Waals surface area contributed by atoms with Crippen LogP contribution < -0.4 is 10.6 Å². The summed E-state index contributed by atoms with van der Waals surface area (Å²) < 4.78 is 2.00. The number of benzene rings is 2. The molecule has 4 aromatic rings. The first-order valence-corrected chi connectivity index (χ1v) is 11.2. The third-order valence-corrected chi connectivity index (χ3v) is 6.29. The predicted molar refractivity (Wildman–Crippen MR) is 129 cm³/mol. The van der Waals surface area contributed by atoms with E-state index in [1.807, 2.05) is 35.2 Å². The van der Waals surface area contributed by atoms with Crippen molar-refractivity contribution in [3.8, 4) is 5.82 Å². The van der Waals surface area contributed by atoms with Crippen molar-refractivity contribution in [1.82, 2.24) is 24.4 Å². The van der Waals surface area contributed by atoms with Crippen molar-refractivity contribution in [2.45, 2.75) is 31.8 Å². The molecule has 5 rings (SSSR count). The summed E-state index contributed by atoms with van der Waals surface area (Å²) in [5.41, 5.74) is 4.26. The number of imidazole rings is 1. The molecule has 0 saturated carbocycles. The van der Waals surface area contributed by atoms with E-state index in [9.17, 15) is 0 Å². The fraction of sp³-hybridized carbons (Fsp3) is 0.320. The number of likely N-dealkylation sites (N-methyl/N-ethyl adjacent to an activating group) is 1. The van der Waals surface area contributed by atoms with Crippen molar-refractivity contribution in [3.63, 3.8) is 0 Å². The Kier molecular flexibility index (Phi) is 5.73. The molecular weight excluding hydrogens is 398 g/mol. The van der Waals surface area contributed by atoms with Crippen LogP contribution in [-0.4, -0.2) is 50.6 Å². The molecule has 0 bridgehead atoms. The maximum atomic E-state index is 4.73. The zero-order valence-corrected chi connectivity index (χ0v) is 18.6. The van der Waals surface area contributed by atoms with Crippen molar-refractivity contribution in [2.24, 2.45) is 0 Å². The summed E-state index contributed by atoms with van der Waals surface area (Å²) in [4.78, 5) is 16.2. The Bertz CT molecular complexity index is 1190. The standard InChI is InChI=1S/C25H29N7/c1-18(19-7-4-3-5-8-19)29-25-26-13-12-24(30-25)32-17-28-22-15-20(10-11-23(22)32)27-16-21-9-6-14-31(21)2/h3-5,7-8,10-13,15,17-18,21,27H,6,9,14,16H2,1-2H3,(H,26,29,30)/t18-,21?/m0/s1. The van der Waals surface area contributed by atoms with Gasteiger partial charge >= 0.3 is 0 Å². The molecule has 7 nitrogen and oxygen atoms in total. The van der Waals surface area contributed by atoms with Gasteiger partial charge in [0, 0.05) is 24.5 Å². The third-order valence-electron chi connectivity index (χ3n) is 6.29. The number of nitrogens with one attached hydrogen (secondary N) is 2. The Morgan fingerprint density at radius 1 is 1.09 bits per heavy atom. The van der Waals surface area contributed by atoms with Crippen LogP contribution >= 0.6 is 0 Å². The SMILES string of the molecule is C[C@H](Nc1nccc(-n2cnc3cc(NCC4CCCN4C)ccc32)n1)c1ccccc1. The average Bonchev–Trinajstić information content (AvgIpc) is 3.44. The van der Waals surface area contributed by atoms with Crippen molar-refractivity contribution >= 4 is 22.7 Å². The number of hydrogen-bond acceptors (Lipinski definition) is 6. The summed E-state index contributed by atoms with van der Waals surface area (Å²) in [5.74, 6) is 1.39. The Hall–Kier alpha value is -3.45. The molecule has 2 atom stereocenters. The molecule has 3 heterocycles. The van der Waals surface area contributed by atoms with Crippen LogP contribution in [0.25, 0.3) is 16.9 Å². The highest BCUT2D eigenvalue weighted by Gasteiger charge is 2.20. The zero-order chi connectivity index (χ0) is 21.9. The maximum Gasteiger partial charge on any atom is 0.225 e. The molecule has 0 aliphatic carbocycles. The van der Waals surface area contributed by atoms with E-state index in [2.05, 4.69) is 69.8 Å². The second kappa shape index (κ2) is 8.96. The Morgan fingerprint density at radius 3 is 2.78 bits per heavy atom. The molecule has 1 saturated heterocycles. The van der Waals surface area contributed by atoms with Gasteiger partial charge in [0.1, 0.15) is 12.1 Å². The van der Waals surface area contributed by atoms with Gasteiger partial charge in [-0.25, -0.2) is 9.97 Å². The van der Waals surface area contributed by atoms with Crippen molar-refractivity contribution < 1.29 is 0 Å². The van der Waals surface area contributed by atoms with Crippen LogP contribution in [0.3, 0.4) is 0 Å². The van der Waals surface area contributed by atoms with Gasteiger partial charge in [-0.3, -0.25) is 4.57 Å². The number of rotatable bonds is 7. The minimum Gasteiger partial charge on any atom is -0.383 e. The van der Waals surface area contributed by atoms with Crippen LogP contribution in [0.2, 0.25) is 0 Å². The second-order valence-electron chi connectivity index (χ2n) is 8.49. The first-order chi connectivity index (χ1) is 15.7. The fourth-order valence-corrected chi connectivity index (χ4v) is 4.35. The minimum absolute atomic E-state index is 0.110. The molecule has 0 radical (unpaired) electrons. The number of likely N-dealkylation sites (tertiary alicyclic amines) is 1. The van der Waals surface area contributed by atoms with Crippen LogP contribution in [0.5, 0.6) is 0 Å². The minimum atomic E-state index is 0.110. The van der Waals surface area contributed by atoms with E-state index in [1.54, 1.807) is 6.20 Å². The smallest absolute Gasteiger partial charge is 0.225 e. The monoisotopic (exact) mass is 427 g/mol. The summed E-state index contributed by atoms with van der Waals surface area (Å²) in [5, 5.41) is 6.97. The van der Waals surface area contributed by atoms with Crippen LogP contribution in [0, 0.1) is 0 Å². The lowest BCUT2D eigenvalue weighted by Crippen LogP contribution is -2.31. The molecule has 0 spiro atoms. The number of aromatic nitrogens is 4. The Morgan fingerprint density at radius 2 is 1.97 bits per heavy atom. The molecule has 32 heavy (non-hydrogen) atoms. The van der Waals surface area contributed by atoms with Crippen LogP contribution in [-0.2, 0) is 0 Å². The Balaban J connectivity index is 1.33. The van der Waals surface area contributed by atoms with Gasteiger partial charge < -0.3 is 15.5 Å². The highest BCUT2D eigenvalue weighted by atomic mass is 15.2. The van der Waals surface area contributed by atoms with Gasteiger partial charge in [0.15, 0.2) is 0 Å². The summed E-state index contributed by atoms with van der Waals surface area (Å²) in [6.07, 6.45) is 6.15. The molecule has 2 N–H and O–H groups in total. The number of nitrogens with zero attached hydrogens (tertiary/aromatic N) is 5. The molecule has 2 aromatic carbocycles. The predicted octanol–water partition coefficient (Wildman–Crippen LogP) is 4.49. The molecule has 2 aromatic heterocycles. The normalized spacial score (nSPS) is 17.5. The molecule has 1 aliphatic heterocycles. The molecule has 1 fully saturated rings. The highest BCUT2D eigenvalue weighted by molar-refractivity contribution is 5.81. The molecule has 1 aliphatic rings. The van der Waals surface area contributed by atoms with E-state index in [-0.39, 0.29) is 6.04 Å². The van der Waals surface area contributed by atoms with Crippen molar-refractivity contribution in [2.75, 3.05) is 30.8 Å². The third kappa shape index (κ3) is 4.29. The van der Waals surface area contributed by atoms with Gasteiger partial charge in [0.2, 0.25) is 5.95 Å². The van der Waals surface area contributed by atoms with E-state index >= 15 is 0 Å². The van der Waals surface area contributed by atoms with Gasteiger partial charge in [-0.15, -0.1) is 0 Å². The summed E-state index contributed by atoms with van der Waals surface area (Å²) >= 11 is 0. The first kappa shape index (κ1) is 20.5. The highest BCUT2D eigenvalue weighted by Crippen LogP contribution is 2.23. The number of anilines is 2. The lowest BCUT2D eigenvalue weighted by molar-refractivity contribution is 0.322. The van der Waals surface area contributed by atoms with E-state index in [4.69, 9.17) is 4.98 Å². The topological polar surface area (TPSA) is 70.9 Å². The van der Waals surface area contributed by atoms with Crippen LogP contribution in [0.15, 0.2) is 67.1 Å². The fourth-order valence-electron chi connectivity index (χ4n) is 4.35. The van der Waals surface area contributed by atoms with Gasteiger partial charge in [-0.1, -0.05) is 30.3 Å². The maximum absolute atomic E-state index is 4.73. The lowest BCUT2D eigenvalue weighted by atomic mass is 10.1. The quantitative estimate of drug-likeness (QED) is 0.453. The van der Waals surface area contributed by atoms with E-state index in [0.717, 1.165) is 29.1 Å². The van der Waals surface area contributed by atoms with Crippen molar-refractivity contribution in [3.05, 3.63) is 72.7 Å². The van der Waals surface area contributed by atoms with Gasteiger partial charge in [0.05, 0.1) is 17.1 Å². The molecule has 7 heteroatoms. The molecule has 0 amide bonds. The first-order valence-electron chi connectivity index (χ1n) is 11.2. The van der Waals surface area contributed by atoms with Gasteiger partial charge in [0.25, 0.3) is 0 Å². The molecule has 1 unspecified atom stereocenters. The lowest BCUT2D eigenvalue weighted by Gasteiger charge is -2.20. The Labute approximate surface area is 188 Å². The molecular formula is C25H29N7. The van der Waals surface area contributed by atoms with Crippen molar-refractivity contribution in [1.29, 1.82) is 0 Å². The average molecular weight is 428 g/mol. The summed E-state index contributed by atoms with van der Waals surface area (Å²) in [7, 11) is 2.20. The molecule has 164 valence electrons. The van der Waals surface area contributed by atoms with Gasteiger partial charge in [-0.2, -0.15) is 4.98 Å². The van der Waals surface area contributed by atoms with Crippen LogP contribution in [0.1, 0.15) is 31.4 Å². The van der Waals surface area contributed by atoms with E-state index in [0.29, 0.717) is 12.0 Å². The van der Waals surface area contributed by atoms with E-state index in [1.165, 1.54) is 24.9 Å². The summed E-state index contributed by atoms with van der Waals surface area (Å²) in [6, 6.07) is 19.2. The second-order valence-corrected chi connectivity index (χ2v) is 8.49. The largest absolute Gasteiger partial charge is 0.383 e. The zero-order valence-electron chi connectivity index (χ0n) is 18.6. The van der Waals surface area contributed by atoms with Crippen LogP contribution in [0.4, 0.5) is 11.6 Å². The number of fused-ring (bicyclic) bond motifs is 1. The summed E-state index contributed by atoms with van der Waals surface area (Å²) in [6.45, 7) is 4.26. The van der Waals surface area contributed by atoms with Gasteiger partial charge in [-0.05, 0) is 63.2 Å². The number of hydrogen-bond donors (Lipinski definition) is 2. The van der Waals surface area contributed by atoms with E-state index < -0.39 is 0 Å².